The zero-order chi connectivity index (χ0) is 14.7. The smallest absolute Gasteiger partial charge is 0.121 e. The fourth-order valence-electron chi connectivity index (χ4n) is 3.31. The van der Waals surface area contributed by atoms with E-state index in [1.807, 2.05) is 18.2 Å². The summed E-state index contributed by atoms with van der Waals surface area (Å²) in [7, 11) is 0. The number of nitrogens with two attached hydrogens (primary N) is 1. The predicted octanol–water partition coefficient (Wildman–Crippen LogP) is 2.27. The van der Waals surface area contributed by atoms with Crippen LogP contribution in [0.25, 0.3) is 11.0 Å². The Bertz CT molecular complexity index is 589. The Morgan fingerprint density at radius 1 is 1.29 bits per heavy atom. The Balaban J connectivity index is 1.76. The maximum atomic E-state index is 9.33. The van der Waals surface area contributed by atoms with Crippen LogP contribution < -0.4 is 5.73 Å². The molecule has 21 heavy (non-hydrogen) atoms. The topological polar surface area (TPSA) is 78.2 Å². The fourth-order valence-corrected chi connectivity index (χ4v) is 3.31. The van der Waals surface area contributed by atoms with Gasteiger partial charge in [0.05, 0.1) is 24.2 Å². The molecule has 1 aromatic heterocycles. The maximum Gasteiger partial charge on any atom is 0.121 e. The van der Waals surface area contributed by atoms with Crippen molar-refractivity contribution in [2.24, 2.45) is 0 Å². The number of anilines is 1. The normalized spacial score (nSPS) is 16.9. The molecule has 0 bridgehead atoms. The van der Waals surface area contributed by atoms with E-state index in [4.69, 9.17) is 5.73 Å². The molecule has 2 aromatic rings. The van der Waals surface area contributed by atoms with Crippen LogP contribution in [0.4, 0.5) is 5.69 Å². The first-order chi connectivity index (χ1) is 10.3. The molecule has 1 aliphatic rings. The van der Waals surface area contributed by atoms with Crippen molar-refractivity contribution < 1.29 is 5.11 Å². The molecule has 0 aliphatic heterocycles. The molecule has 4 N–H and O–H groups in total. The number of imidazole rings is 1. The predicted molar refractivity (Wildman–Crippen MR) is 84.9 cm³/mol. The summed E-state index contributed by atoms with van der Waals surface area (Å²) in [5.74, 6) is 0.953. The van der Waals surface area contributed by atoms with Crippen LogP contribution in [0.5, 0.6) is 0 Å². The van der Waals surface area contributed by atoms with Gasteiger partial charge >= 0.3 is 0 Å². The second-order valence-electron chi connectivity index (χ2n) is 5.95. The first-order valence-electron chi connectivity index (χ1n) is 7.85. The molecule has 5 nitrogen and oxygen atoms in total. The van der Waals surface area contributed by atoms with E-state index in [2.05, 4.69) is 14.9 Å². The minimum absolute atomic E-state index is 0.198. The second kappa shape index (κ2) is 6.45. The number of benzene rings is 1. The number of fused-ring (bicyclic) bond motifs is 1. The summed E-state index contributed by atoms with van der Waals surface area (Å²) in [5, 5.41) is 9.33. The lowest BCUT2D eigenvalue weighted by Gasteiger charge is -2.33. The van der Waals surface area contributed by atoms with Gasteiger partial charge in [-0.1, -0.05) is 19.3 Å². The Morgan fingerprint density at radius 2 is 2.10 bits per heavy atom. The summed E-state index contributed by atoms with van der Waals surface area (Å²) in [4.78, 5) is 10.3. The van der Waals surface area contributed by atoms with Gasteiger partial charge in [-0.3, -0.25) is 4.90 Å². The average Bonchev–Trinajstić information content (AvgIpc) is 2.89. The van der Waals surface area contributed by atoms with Crippen molar-refractivity contribution in [2.75, 3.05) is 18.9 Å². The van der Waals surface area contributed by atoms with E-state index in [1.54, 1.807) is 0 Å². The minimum atomic E-state index is 0.198. The van der Waals surface area contributed by atoms with Gasteiger partial charge in [0, 0.05) is 18.3 Å². The molecule has 0 atom stereocenters. The van der Waals surface area contributed by atoms with E-state index >= 15 is 0 Å². The van der Waals surface area contributed by atoms with Crippen LogP contribution in [0, 0.1) is 0 Å². The lowest BCUT2D eigenvalue weighted by molar-refractivity contribution is 0.115. The third kappa shape index (κ3) is 3.36. The van der Waals surface area contributed by atoms with Gasteiger partial charge in [0.15, 0.2) is 0 Å². The van der Waals surface area contributed by atoms with Crippen LogP contribution in [0.3, 0.4) is 0 Å². The lowest BCUT2D eigenvalue weighted by Crippen LogP contribution is -2.38. The second-order valence-corrected chi connectivity index (χ2v) is 5.95. The van der Waals surface area contributed by atoms with Gasteiger partial charge in [0.1, 0.15) is 5.82 Å². The highest BCUT2D eigenvalue weighted by Gasteiger charge is 2.21. The van der Waals surface area contributed by atoms with E-state index in [9.17, 15) is 5.11 Å². The molecule has 114 valence electrons. The summed E-state index contributed by atoms with van der Waals surface area (Å²) < 4.78 is 0. The molecule has 3 rings (SSSR count). The van der Waals surface area contributed by atoms with E-state index in [0.29, 0.717) is 12.6 Å². The molecular formula is C16H24N4O. The van der Waals surface area contributed by atoms with Gasteiger partial charge in [0.2, 0.25) is 0 Å². The average molecular weight is 288 g/mol. The molecule has 0 spiro atoms. The van der Waals surface area contributed by atoms with E-state index in [1.165, 1.54) is 32.1 Å². The standard InChI is InChI=1S/C16H24N4O/c17-12-6-7-14-15(10-12)19-16(18-14)11-20(8-9-21)13-4-2-1-3-5-13/h6-7,10,13,21H,1-5,8-9,11,17H2,(H,18,19). The van der Waals surface area contributed by atoms with Gasteiger partial charge in [-0.15, -0.1) is 0 Å². The van der Waals surface area contributed by atoms with Gasteiger partial charge in [-0.05, 0) is 31.0 Å². The summed E-state index contributed by atoms with van der Waals surface area (Å²) in [6.45, 7) is 1.67. The Labute approximate surface area is 125 Å². The number of nitrogen functional groups attached to an aromatic ring is 1. The van der Waals surface area contributed by atoms with Crippen molar-refractivity contribution in [2.45, 2.75) is 44.7 Å². The van der Waals surface area contributed by atoms with Crippen molar-refractivity contribution in [1.82, 2.24) is 14.9 Å². The Kier molecular flexibility index (Phi) is 4.41. The van der Waals surface area contributed by atoms with Crippen LogP contribution in [0.15, 0.2) is 18.2 Å². The van der Waals surface area contributed by atoms with Gasteiger partial charge < -0.3 is 15.8 Å². The van der Waals surface area contributed by atoms with Gasteiger partial charge in [0.25, 0.3) is 0 Å². The third-order valence-electron chi connectivity index (χ3n) is 4.39. The zero-order valence-corrected chi connectivity index (χ0v) is 12.4. The highest BCUT2D eigenvalue weighted by Crippen LogP contribution is 2.24. The number of rotatable bonds is 5. The minimum Gasteiger partial charge on any atom is -0.399 e. The SMILES string of the molecule is Nc1ccc2nc(CN(CCO)C3CCCCC3)[nH]c2c1. The lowest BCUT2D eigenvalue weighted by atomic mass is 9.94. The molecule has 5 heteroatoms. The molecule has 0 amide bonds. The first kappa shape index (κ1) is 14.4. The molecule has 1 heterocycles. The number of aliphatic hydroxyl groups is 1. The highest BCUT2D eigenvalue weighted by molar-refractivity contribution is 5.78. The van der Waals surface area contributed by atoms with E-state index in [0.717, 1.165) is 29.1 Å². The molecule has 0 radical (unpaired) electrons. The van der Waals surface area contributed by atoms with E-state index < -0.39 is 0 Å². The summed E-state index contributed by atoms with van der Waals surface area (Å²) in [5.41, 5.74) is 8.49. The van der Waals surface area contributed by atoms with Crippen molar-refractivity contribution >= 4 is 16.7 Å². The Morgan fingerprint density at radius 3 is 2.86 bits per heavy atom. The maximum absolute atomic E-state index is 9.33. The number of nitrogens with one attached hydrogen (secondary N) is 1. The van der Waals surface area contributed by atoms with Gasteiger partial charge in [-0.2, -0.15) is 0 Å². The van der Waals surface area contributed by atoms with Crippen LogP contribution >= 0.6 is 0 Å². The summed E-state index contributed by atoms with van der Waals surface area (Å²) in [6, 6.07) is 6.31. The monoisotopic (exact) mass is 288 g/mol. The van der Waals surface area contributed by atoms with Crippen molar-refractivity contribution in [3.05, 3.63) is 24.0 Å². The number of H-pyrrole nitrogens is 1. The third-order valence-corrected chi connectivity index (χ3v) is 4.39. The fraction of sp³-hybridized carbons (Fsp3) is 0.562. The number of hydrogen-bond acceptors (Lipinski definition) is 4. The molecule has 1 aliphatic carbocycles. The van der Waals surface area contributed by atoms with Crippen molar-refractivity contribution in [3.8, 4) is 0 Å². The molecule has 1 fully saturated rings. The number of nitrogens with zero attached hydrogens (tertiary/aromatic N) is 2. The van der Waals surface area contributed by atoms with Crippen LogP contribution in [-0.2, 0) is 6.54 Å². The number of aromatic amines is 1. The van der Waals surface area contributed by atoms with Crippen molar-refractivity contribution in [1.29, 1.82) is 0 Å². The first-order valence-corrected chi connectivity index (χ1v) is 7.85. The molecule has 0 unspecified atom stereocenters. The highest BCUT2D eigenvalue weighted by atomic mass is 16.3. The number of aliphatic hydroxyl groups excluding tert-OH is 1. The summed E-state index contributed by atoms with van der Waals surface area (Å²) in [6.07, 6.45) is 6.39. The molecule has 1 aromatic carbocycles. The number of aromatic nitrogens is 2. The summed E-state index contributed by atoms with van der Waals surface area (Å²) >= 11 is 0. The quantitative estimate of drug-likeness (QED) is 0.738. The number of hydrogen-bond donors (Lipinski definition) is 3. The van der Waals surface area contributed by atoms with E-state index in [-0.39, 0.29) is 6.61 Å². The van der Waals surface area contributed by atoms with Gasteiger partial charge in [-0.25, -0.2) is 4.98 Å². The Hall–Kier alpha value is -1.59. The molecular weight excluding hydrogens is 264 g/mol. The zero-order valence-electron chi connectivity index (χ0n) is 12.4. The van der Waals surface area contributed by atoms with Crippen LogP contribution in [0.1, 0.15) is 37.9 Å². The largest absolute Gasteiger partial charge is 0.399 e. The molecule has 0 saturated heterocycles. The van der Waals surface area contributed by atoms with Crippen LogP contribution in [-0.4, -0.2) is 39.2 Å². The van der Waals surface area contributed by atoms with Crippen molar-refractivity contribution in [3.63, 3.8) is 0 Å². The molecule has 1 saturated carbocycles. The van der Waals surface area contributed by atoms with Crippen LogP contribution in [0.2, 0.25) is 0 Å².